The maximum absolute atomic E-state index is 12.5. The Kier molecular flexibility index (Phi) is 5.95. The van der Waals surface area contributed by atoms with Crippen LogP contribution in [0.1, 0.15) is 36.0 Å². The fourth-order valence-electron chi connectivity index (χ4n) is 3.52. The Morgan fingerprint density at radius 1 is 1.21 bits per heavy atom. The van der Waals surface area contributed by atoms with Gasteiger partial charge in [0.15, 0.2) is 0 Å². The number of hydrogen-bond acceptors (Lipinski definition) is 6. The number of hydrogen-bond donors (Lipinski definition) is 0. The van der Waals surface area contributed by atoms with Gasteiger partial charge in [0, 0.05) is 26.1 Å². The van der Waals surface area contributed by atoms with Crippen LogP contribution < -0.4 is 0 Å². The summed E-state index contributed by atoms with van der Waals surface area (Å²) in [6.07, 6.45) is 4.18. The lowest BCUT2D eigenvalue weighted by molar-refractivity contribution is -0.132. The maximum Gasteiger partial charge on any atom is 0.227 e. The van der Waals surface area contributed by atoms with Crippen molar-refractivity contribution in [3.8, 4) is 11.5 Å². The highest BCUT2D eigenvalue weighted by Crippen LogP contribution is 2.27. The van der Waals surface area contributed by atoms with Crippen LogP contribution in [0.25, 0.3) is 11.5 Å². The number of aryl methyl sites for hydroxylation is 1. The molecule has 1 unspecified atom stereocenters. The zero-order valence-corrected chi connectivity index (χ0v) is 16.5. The molecule has 2 aromatic heterocycles. The van der Waals surface area contributed by atoms with Crippen molar-refractivity contribution in [2.75, 3.05) is 20.2 Å². The van der Waals surface area contributed by atoms with Gasteiger partial charge in [-0.3, -0.25) is 9.78 Å². The number of ether oxygens (including phenoxy) is 1. The van der Waals surface area contributed by atoms with Gasteiger partial charge in [-0.25, -0.2) is 0 Å². The van der Waals surface area contributed by atoms with E-state index in [0.717, 1.165) is 6.42 Å². The van der Waals surface area contributed by atoms with E-state index in [-0.39, 0.29) is 12.0 Å². The Labute approximate surface area is 169 Å². The first-order valence-corrected chi connectivity index (χ1v) is 9.88. The van der Waals surface area contributed by atoms with Crippen molar-refractivity contribution >= 4 is 5.91 Å². The van der Waals surface area contributed by atoms with E-state index < -0.39 is 0 Å². The second-order valence-corrected chi connectivity index (χ2v) is 7.16. The van der Waals surface area contributed by atoms with Crippen molar-refractivity contribution in [1.29, 1.82) is 0 Å². The Morgan fingerprint density at radius 3 is 2.93 bits per heavy atom. The number of benzene rings is 1. The Balaban J connectivity index is 1.27. The van der Waals surface area contributed by atoms with E-state index in [1.807, 2.05) is 37.4 Å². The van der Waals surface area contributed by atoms with E-state index in [1.54, 1.807) is 11.1 Å². The van der Waals surface area contributed by atoms with E-state index >= 15 is 0 Å². The summed E-state index contributed by atoms with van der Waals surface area (Å²) in [4.78, 5) is 22.9. The number of carbonyl (C=O) groups is 1. The number of fused-ring (bicyclic) bond motifs is 1. The molecule has 0 N–H and O–H groups in total. The molecular weight excluding hydrogens is 368 g/mol. The number of amides is 1. The molecule has 0 spiro atoms. The molecule has 1 amide bonds. The predicted molar refractivity (Wildman–Crippen MR) is 107 cm³/mol. The quantitative estimate of drug-likeness (QED) is 0.614. The molecule has 1 aliphatic rings. The standard InChI is InChI=1S/C22H24N4O3/c1-26(15-19-17-8-3-2-7-16(17)12-14-28-19)21(27)11-6-10-20-24-22(25-29-20)18-9-4-5-13-23-18/h2-5,7-9,13,19H,6,10-12,14-15H2,1H3. The van der Waals surface area contributed by atoms with E-state index in [9.17, 15) is 4.79 Å². The smallest absolute Gasteiger partial charge is 0.227 e. The third-order valence-corrected chi connectivity index (χ3v) is 5.10. The first kappa shape index (κ1) is 19.3. The van der Waals surface area contributed by atoms with Crippen LogP contribution in [-0.2, 0) is 22.4 Å². The largest absolute Gasteiger partial charge is 0.371 e. The molecule has 0 aliphatic carbocycles. The van der Waals surface area contributed by atoms with Gasteiger partial charge >= 0.3 is 0 Å². The molecule has 0 saturated heterocycles. The Hall–Kier alpha value is -3.06. The highest BCUT2D eigenvalue weighted by molar-refractivity contribution is 5.75. The van der Waals surface area contributed by atoms with Crippen LogP contribution in [0, 0.1) is 0 Å². The minimum absolute atomic E-state index is 0.0641. The van der Waals surface area contributed by atoms with Gasteiger partial charge in [0.2, 0.25) is 17.6 Å². The molecule has 150 valence electrons. The minimum atomic E-state index is -0.0641. The third-order valence-electron chi connectivity index (χ3n) is 5.10. The van der Waals surface area contributed by atoms with Crippen molar-refractivity contribution in [1.82, 2.24) is 20.0 Å². The van der Waals surface area contributed by atoms with Gasteiger partial charge in [0.1, 0.15) is 11.8 Å². The zero-order chi connectivity index (χ0) is 20.1. The zero-order valence-electron chi connectivity index (χ0n) is 16.5. The second-order valence-electron chi connectivity index (χ2n) is 7.16. The number of pyridine rings is 1. The number of nitrogens with zero attached hydrogens (tertiary/aromatic N) is 4. The summed E-state index contributed by atoms with van der Waals surface area (Å²) in [7, 11) is 1.83. The van der Waals surface area contributed by atoms with Crippen LogP contribution in [0.4, 0.5) is 0 Å². The van der Waals surface area contributed by atoms with Gasteiger partial charge in [-0.2, -0.15) is 4.98 Å². The summed E-state index contributed by atoms with van der Waals surface area (Å²) in [5.74, 6) is 1.07. The van der Waals surface area contributed by atoms with Crippen LogP contribution >= 0.6 is 0 Å². The highest BCUT2D eigenvalue weighted by Gasteiger charge is 2.23. The van der Waals surface area contributed by atoms with Crippen molar-refractivity contribution < 1.29 is 14.1 Å². The molecule has 29 heavy (non-hydrogen) atoms. The van der Waals surface area contributed by atoms with Crippen molar-refractivity contribution in [2.45, 2.75) is 31.8 Å². The number of rotatable bonds is 7. The van der Waals surface area contributed by atoms with Gasteiger partial charge in [-0.1, -0.05) is 35.5 Å². The summed E-state index contributed by atoms with van der Waals surface area (Å²) in [5, 5.41) is 3.96. The lowest BCUT2D eigenvalue weighted by atomic mass is 9.97. The van der Waals surface area contributed by atoms with Gasteiger partial charge in [0.05, 0.1) is 13.2 Å². The fraction of sp³-hybridized carbons (Fsp3) is 0.364. The van der Waals surface area contributed by atoms with E-state index in [0.29, 0.717) is 49.8 Å². The van der Waals surface area contributed by atoms with Crippen LogP contribution in [0.15, 0.2) is 53.2 Å². The molecular formula is C22H24N4O3. The predicted octanol–water partition coefficient (Wildman–Crippen LogP) is 3.23. The molecule has 0 fully saturated rings. The molecule has 0 saturated carbocycles. The van der Waals surface area contributed by atoms with Gasteiger partial charge < -0.3 is 14.2 Å². The van der Waals surface area contributed by atoms with Crippen LogP contribution in [0.2, 0.25) is 0 Å². The summed E-state index contributed by atoms with van der Waals surface area (Å²) in [5.41, 5.74) is 3.17. The van der Waals surface area contributed by atoms with Gasteiger partial charge in [-0.15, -0.1) is 0 Å². The summed E-state index contributed by atoms with van der Waals surface area (Å²) in [6, 6.07) is 13.8. The fourth-order valence-corrected chi connectivity index (χ4v) is 3.52. The lowest BCUT2D eigenvalue weighted by Gasteiger charge is -2.29. The number of carbonyl (C=O) groups excluding carboxylic acids is 1. The molecule has 1 aliphatic heterocycles. The first-order valence-electron chi connectivity index (χ1n) is 9.88. The van der Waals surface area contributed by atoms with Crippen LogP contribution in [-0.4, -0.2) is 46.1 Å². The third kappa shape index (κ3) is 4.68. The number of aromatic nitrogens is 3. The van der Waals surface area contributed by atoms with Crippen molar-refractivity contribution in [2.24, 2.45) is 0 Å². The molecule has 0 radical (unpaired) electrons. The van der Waals surface area contributed by atoms with Crippen molar-refractivity contribution in [3.05, 3.63) is 65.7 Å². The molecule has 7 nitrogen and oxygen atoms in total. The summed E-state index contributed by atoms with van der Waals surface area (Å²) in [6.45, 7) is 1.25. The Morgan fingerprint density at radius 2 is 2.07 bits per heavy atom. The summed E-state index contributed by atoms with van der Waals surface area (Å²) >= 11 is 0. The molecule has 0 bridgehead atoms. The molecule has 7 heteroatoms. The normalized spacial score (nSPS) is 15.7. The Bertz CT molecular complexity index is 957. The molecule has 4 rings (SSSR count). The van der Waals surface area contributed by atoms with E-state index in [1.165, 1.54) is 11.1 Å². The van der Waals surface area contributed by atoms with E-state index in [2.05, 4.69) is 27.3 Å². The second kappa shape index (κ2) is 8.96. The molecule has 3 heterocycles. The van der Waals surface area contributed by atoms with Gasteiger partial charge in [0.25, 0.3) is 0 Å². The average Bonchev–Trinajstić information content (AvgIpc) is 3.23. The molecule has 1 aromatic carbocycles. The first-order chi connectivity index (χ1) is 14.2. The van der Waals surface area contributed by atoms with Crippen LogP contribution in [0.5, 0.6) is 0 Å². The lowest BCUT2D eigenvalue weighted by Crippen LogP contribution is -2.33. The topological polar surface area (TPSA) is 81.4 Å². The highest BCUT2D eigenvalue weighted by atomic mass is 16.5. The van der Waals surface area contributed by atoms with Crippen molar-refractivity contribution in [3.63, 3.8) is 0 Å². The monoisotopic (exact) mass is 392 g/mol. The minimum Gasteiger partial charge on any atom is -0.371 e. The van der Waals surface area contributed by atoms with E-state index in [4.69, 9.17) is 9.26 Å². The molecule has 1 atom stereocenters. The molecule has 3 aromatic rings. The van der Waals surface area contributed by atoms with Gasteiger partial charge in [-0.05, 0) is 36.1 Å². The number of likely N-dealkylation sites (N-methyl/N-ethyl adjacent to an activating group) is 1. The average molecular weight is 392 g/mol. The maximum atomic E-state index is 12.5. The summed E-state index contributed by atoms with van der Waals surface area (Å²) < 4.78 is 11.2. The SMILES string of the molecule is CN(CC1OCCc2ccccc21)C(=O)CCCc1nc(-c2ccccn2)no1. The van der Waals surface area contributed by atoms with Crippen LogP contribution in [0.3, 0.4) is 0 Å².